The van der Waals surface area contributed by atoms with Crippen molar-refractivity contribution in [3.8, 4) is 0 Å². The number of carbonyl (C=O) groups excluding carboxylic acids is 1. The van der Waals surface area contributed by atoms with Crippen molar-refractivity contribution in [3.63, 3.8) is 0 Å². The van der Waals surface area contributed by atoms with Crippen LogP contribution in [0.25, 0.3) is 0 Å². The first kappa shape index (κ1) is 14.2. The molecule has 1 aromatic carbocycles. The van der Waals surface area contributed by atoms with Gasteiger partial charge < -0.3 is 21.1 Å². The normalized spacial score (nSPS) is 23.4. The van der Waals surface area contributed by atoms with Crippen LogP contribution in [0.4, 0.5) is 11.4 Å². The Morgan fingerprint density at radius 2 is 2.00 bits per heavy atom. The molecule has 4 N–H and O–H groups in total. The van der Waals surface area contributed by atoms with E-state index in [9.17, 15) is 4.79 Å². The highest BCUT2D eigenvalue weighted by atomic mass is 16.5. The lowest BCUT2D eigenvalue weighted by molar-refractivity contribution is 0.0209. The van der Waals surface area contributed by atoms with E-state index in [-0.39, 0.29) is 0 Å². The van der Waals surface area contributed by atoms with Crippen LogP contribution in [-0.2, 0) is 4.74 Å². The second-order valence-corrected chi connectivity index (χ2v) is 5.64. The Hall–Kier alpha value is -1.79. The van der Waals surface area contributed by atoms with Gasteiger partial charge >= 0.3 is 0 Å². The minimum Gasteiger partial charge on any atom is -0.397 e. The molecular weight excluding hydrogens is 268 g/mol. The molecule has 1 unspecified atom stereocenters. The second kappa shape index (κ2) is 5.91. The molecule has 1 amide bonds. The van der Waals surface area contributed by atoms with Crippen molar-refractivity contribution in [3.05, 3.63) is 23.8 Å². The smallest absolute Gasteiger partial charge is 0.250 e. The molecule has 1 aromatic rings. The van der Waals surface area contributed by atoms with E-state index in [4.69, 9.17) is 16.2 Å². The summed E-state index contributed by atoms with van der Waals surface area (Å²) in [6.45, 7) is 5.34. The predicted molar refractivity (Wildman–Crippen MR) is 82.4 cm³/mol. The van der Waals surface area contributed by atoms with Crippen molar-refractivity contribution < 1.29 is 9.53 Å². The molecule has 2 saturated heterocycles. The Kier molecular flexibility index (Phi) is 3.98. The maximum Gasteiger partial charge on any atom is 0.250 e. The van der Waals surface area contributed by atoms with Crippen LogP contribution in [0.1, 0.15) is 16.8 Å². The molecule has 1 atom stereocenters. The van der Waals surface area contributed by atoms with Gasteiger partial charge in [0.05, 0.1) is 30.2 Å². The van der Waals surface area contributed by atoms with E-state index in [2.05, 4.69) is 9.80 Å². The monoisotopic (exact) mass is 290 g/mol. The number of nitrogen functional groups attached to an aromatic ring is 1. The Morgan fingerprint density at radius 1 is 1.24 bits per heavy atom. The minimum atomic E-state index is -0.424. The minimum absolute atomic E-state index is 0.424. The van der Waals surface area contributed by atoms with Gasteiger partial charge in [0, 0.05) is 32.2 Å². The van der Waals surface area contributed by atoms with Crippen LogP contribution < -0.4 is 16.4 Å². The van der Waals surface area contributed by atoms with Gasteiger partial charge in [-0.3, -0.25) is 9.69 Å². The van der Waals surface area contributed by atoms with Gasteiger partial charge in [-0.05, 0) is 18.6 Å². The molecule has 0 aliphatic carbocycles. The molecule has 6 heteroatoms. The van der Waals surface area contributed by atoms with E-state index in [1.807, 2.05) is 6.07 Å². The molecular formula is C15H22N4O2. The molecule has 114 valence electrons. The van der Waals surface area contributed by atoms with Gasteiger partial charge in [0.1, 0.15) is 0 Å². The number of primary amides is 1. The SMILES string of the molecule is NC(=O)c1cccc(N)c1N1CCC(N2CCOCC2)C1. The fraction of sp³-hybridized carbons (Fsp3) is 0.533. The van der Waals surface area contributed by atoms with Crippen molar-refractivity contribution >= 4 is 17.3 Å². The van der Waals surface area contributed by atoms with Gasteiger partial charge in [-0.15, -0.1) is 0 Å². The largest absolute Gasteiger partial charge is 0.397 e. The third kappa shape index (κ3) is 2.82. The maximum atomic E-state index is 11.6. The van der Waals surface area contributed by atoms with Crippen LogP contribution in [0.5, 0.6) is 0 Å². The third-order valence-corrected chi connectivity index (χ3v) is 4.37. The van der Waals surface area contributed by atoms with Crippen LogP contribution in [0, 0.1) is 0 Å². The fourth-order valence-corrected chi connectivity index (χ4v) is 3.30. The molecule has 6 nitrogen and oxygen atoms in total. The van der Waals surface area contributed by atoms with E-state index in [0.717, 1.165) is 51.5 Å². The number of carbonyl (C=O) groups is 1. The molecule has 21 heavy (non-hydrogen) atoms. The first-order valence-corrected chi connectivity index (χ1v) is 7.42. The summed E-state index contributed by atoms with van der Waals surface area (Å²) in [5, 5.41) is 0. The quantitative estimate of drug-likeness (QED) is 0.781. The summed E-state index contributed by atoms with van der Waals surface area (Å²) in [5.74, 6) is -0.424. The molecule has 0 saturated carbocycles. The summed E-state index contributed by atoms with van der Waals surface area (Å²) in [5.41, 5.74) is 13.5. The van der Waals surface area contributed by atoms with Crippen molar-refractivity contribution in [1.29, 1.82) is 0 Å². The number of hydrogen-bond acceptors (Lipinski definition) is 5. The number of para-hydroxylation sites is 1. The lowest BCUT2D eigenvalue weighted by atomic mass is 10.1. The molecule has 0 radical (unpaired) electrons. The number of rotatable bonds is 3. The van der Waals surface area contributed by atoms with E-state index in [1.165, 1.54) is 0 Å². The zero-order chi connectivity index (χ0) is 14.8. The number of nitrogens with two attached hydrogens (primary N) is 2. The van der Waals surface area contributed by atoms with Gasteiger partial charge in [0.25, 0.3) is 5.91 Å². The zero-order valence-electron chi connectivity index (χ0n) is 12.1. The topological polar surface area (TPSA) is 84.8 Å². The van der Waals surface area contributed by atoms with Crippen molar-refractivity contribution in [2.24, 2.45) is 5.73 Å². The average Bonchev–Trinajstić information content (AvgIpc) is 2.97. The van der Waals surface area contributed by atoms with E-state index in [0.29, 0.717) is 17.3 Å². The molecule has 2 heterocycles. The first-order valence-electron chi connectivity index (χ1n) is 7.42. The molecule has 0 spiro atoms. The third-order valence-electron chi connectivity index (χ3n) is 4.37. The zero-order valence-corrected chi connectivity index (χ0v) is 12.1. The number of nitrogens with zero attached hydrogens (tertiary/aromatic N) is 2. The Morgan fingerprint density at radius 3 is 2.71 bits per heavy atom. The molecule has 0 aromatic heterocycles. The number of amides is 1. The standard InChI is InChI=1S/C15H22N4O2/c16-13-3-1-2-12(15(17)20)14(13)19-5-4-11(10-19)18-6-8-21-9-7-18/h1-3,11H,4-10,16H2,(H2,17,20). The summed E-state index contributed by atoms with van der Waals surface area (Å²) in [7, 11) is 0. The highest BCUT2D eigenvalue weighted by molar-refractivity contribution is 6.01. The molecule has 2 fully saturated rings. The lowest BCUT2D eigenvalue weighted by Gasteiger charge is -2.32. The summed E-state index contributed by atoms with van der Waals surface area (Å²) in [6.07, 6.45) is 1.08. The van der Waals surface area contributed by atoms with Gasteiger partial charge in [-0.25, -0.2) is 0 Å². The number of anilines is 2. The van der Waals surface area contributed by atoms with E-state index >= 15 is 0 Å². The van der Waals surface area contributed by atoms with Crippen molar-refractivity contribution in [1.82, 2.24) is 4.90 Å². The van der Waals surface area contributed by atoms with E-state index in [1.54, 1.807) is 12.1 Å². The molecule has 2 aliphatic rings. The predicted octanol–water partition coefficient (Wildman–Crippen LogP) is 0.279. The van der Waals surface area contributed by atoms with Crippen LogP contribution in [0.2, 0.25) is 0 Å². The molecule has 3 rings (SSSR count). The van der Waals surface area contributed by atoms with Gasteiger partial charge in [0.2, 0.25) is 0 Å². The highest BCUT2D eigenvalue weighted by Gasteiger charge is 2.31. The molecule has 0 bridgehead atoms. The highest BCUT2D eigenvalue weighted by Crippen LogP contribution is 2.31. The Balaban J connectivity index is 1.78. The van der Waals surface area contributed by atoms with Gasteiger partial charge in [-0.1, -0.05) is 6.07 Å². The maximum absolute atomic E-state index is 11.6. The fourth-order valence-electron chi connectivity index (χ4n) is 3.30. The van der Waals surface area contributed by atoms with Crippen molar-refractivity contribution in [2.75, 3.05) is 50.0 Å². The Bertz CT molecular complexity index is 528. The first-order chi connectivity index (χ1) is 10.2. The van der Waals surface area contributed by atoms with Crippen LogP contribution in [0.3, 0.4) is 0 Å². The van der Waals surface area contributed by atoms with Crippen LogP contribution >= 0.6 is 0 Å². The van der Waals surface area contributed by atoms with E-state index < -0.39 is 5.91 Å². The number of benzene rings is 1. The summed E-state index contributed by atoms with van der Waals surface area (Å²) in [4.78, 5) is 16.3. The average molecular weight is 290 g/mol. The lowest BCUT2D eigenvalue weighted by Crippen LogP contribution is -2.44. The number of morpholine rings is 1. The number of hydrogen-bond donors (Lipinski definition) is 2. The summed E-state index contributed by atoms with van der Waals surface area (Å²) < 4.78 is 5.40. The summed E-state index contributed by atoms with van der Waals surface area (Å²) >= 11 is 0. The number of ether oxygens (including phenoxy) is 1. The van der Waals surface area contributed by atoms with Crippen LogP contribution in [0.15, 0.2) is 18.2 Å². The molecule has 2 aliphatic heterocycles. The summed E-state index contributed by atoms with van der Waals surface area (Å²) in [6, 6.07) is 5.84. The van der Waals surface area contributed by atoms with Gasteiger partial charge in [0.15, 0.2) is 0 Å². The Labute approximate surface area is 124 Å². The van der Waals surface area contributed by atoms with Crippen LogP contribution in [-0.4, -0.2) is 56.2 Å². The van der Waals surface area contributed by atoms with Crippen molar-refractivity contribution in [2.45, 2.75) is 12.5 Å². The van der Waals surface area contributed by atoms with Gasteiger partial charge in [-0.2, -0.15) is 0 Å². The second-order valence-electron chi connectivity index (χ2n) is 5.64.